The van der Waals surface area contributed by atoms with E-state index in [-0.39, 0.29) is 38.6 Å². The van der Waals surface area contributed by atoms with E-state index < -0.39 is 66.7 Å². The number of nitrogens with one attached hydrogen (secondary N) is 2. The number of benzene rings is 2. The van der Waals surface area contributed by atoms with E-state index in [9.17, 15) is 45.1 Å². The molecule has 0 atom stereocenters. The van der Waals surface area contributed by atoms with Crippen LogP contribution in [0.2, 0.25) is 0 Å². The van der Waals surface area contributed by atoms with Crippen molar-refractivity contribution in [3.8, 4) is 0 Å². The van der Waals surface area contributed by atoms with Crippen LogP contribution in [0.4, 0.5) is 0 Å². The number of amides is 4. The van der Waals surface area contributed by atoms with Gasteiger partial charge in [-0.3, -0.25) is 28.3 Å². The molecule has 2 aliphatic rings. The lowest BCUT2D eigenvalue weighted by Crippen LogP contribution is -2.75. The molecule has 0 radical (unpaired) electrons. The van der Waals surface area contributed by atoms with Crippen molar-refractivity contribution in [1.82, 2.24) is 24.1 Å². The Labute approximate surface area is 253 Å². The maximum Gasteiger partial charge on any atom is 0.354 e. The standard InChI is InChI=1S/C26H32N6O10S2/c27-13-7-16-28-14-5-6-15-29-17-12-26(32(43(37,38)39)44(40,41)42,30-22(33)18-8-1-2-9-19(18)23(30)34)31-24(35)20-10-3-4-11-21(20)25(31)36/h1-4,8-11,28-29H,5-7,12-17,27H2,(H,37,38,39)(H,40,41,42). The molecule has 0 spiro atoms. The second kappa shape index (κ2) is 13.2. The smallest absolute Gasteiger partial charge is 0.330 e. The molecule has 16 nitrogen and oxygen atoms in total. The molecule has 2 heterocycles. The van der Waals surface area contributed by atoms with Crippen molar-refractivity contribution in [3.63, 3.8) is 0 Å². The summed E-state index contributed by atoms with van der Waals surface area (Å²) >= 11 is 0. The largest absolute Gasteiger partial charge is 0.354 e. The molecule has 6 N–H and O–H groups in total. The number of nitrogens with zero attached hydrogens (tertiary/aromatic N) is 3. The Kier molecular flexibility index (Phi) is 9.96. The quantitative estimate of drug-likeness (QED) is 0.0901. The summed E-state index contributed by atoms with van der Waals surface area (Å²) in [6.07, 6.45) is 1.11. The van der Waals surface area contributed by atoms with Gasteiger partial charge >= 0.3 is 20.6 Å². The molecule has 4 amide bonds. The minimum absolute atomic E-state index is 0.101. The molecule has 2 aromatic carbocycles. The van der Waals surface area contributed by atoms with Gasteiger partial charge in [0.2, 0.25) is 5.79 Å². The number of unbranched alkanes of at least 4 members (excludes halogenated alkanes) is 1. The van der Waals surface area contributed by atoms with Crippen LogP contribution < -0.4 is 16.4 Å². The Morgan fingerprint density at radius 1 is 0.636 bits per heavy atom. The second-order valence-electron chi connectivity index (χ2n) is 10.0. The molecule has 0 fully saturated rings. The van der Waals surface area contributed by atoms with Crippen molar-refractivity contribution < 1.29 is 45.1 Å². The van der Waals surface area contributed by atoms with Gasteiger partial charge in [0, 0.05) is 13.0 Å². The summed E-state index contributed by atoms with van der Waals surface area (Å²) in [7, 11) is -12.3. The lowest BCUT2D eigenvalue weighted by Gasteiger charge is -2.48. The summed E-state index contributed by atoms with van der Waals surface area (Å²) in [4.78, 5) is 55.3. The third-order valence-electron chi connectivity index (χ3n) is 7.17. The molecule has 4 rings (SSSR count). The normalized spacial score (nSPS) is 15.5. The van der Waals surface area contributed by atoms with E-state index in [0.717, 1.165) is 13.0 Å². The molecule has 18 heteroatoms. The van der Waals surface area contributed by atoms with Gasteiger partial charge in [0.1, 0.15) is 0 Å². The van der Waals surface area contributed by atoms with Gasteiger partial charge in [0.05, 0.1) is 22.3 Å². The molecule has 238 valence electrons. The molecular weight excluding hydrogens is 620 g/mol. The zero-order valence-electron chi connectivity index (χ0n) is 23.4. The maximum absolute atomic E-state index is 13.8. The first-order valence-corrected chi connectivity index (χ1v) is 16.4. The van der Waals surface area contributed by atoms with Crippen molar-refractivity contribution in [2.45, 2.75) is 31.5 Å². The third-order valence-corrected chi connectivity index (χ3v) is 9.72. The molecular formula is C26H32N6O10S2. The Morgan fingerprint density at radius 3 is 1.32 bits per heavy atom. The van der Waals surface area contributed by atoms with Gasteiger partial charge in [0.25, 0.3) is 23.6 Å². The van der Waals surface area contributed by atoms with Gasteiger partial charge in [-0.05, 0) is 73.4 Å². The maximum atomic E-state index is 13.8. The van der Waals surface area contributed by atoms with Crippen molar-refractivity contribution in [1.29, 1.82) is 0 Å². The second-order valence-corrected chi connectivity index (χ2v) is 12.8. The highest BCUT2D eigenvalue weighted by molar-refractivity contribution is 7.98. The van der Waals surface area contributed by atoms with E-state index in [1.807, 2.05) is 0 Å². The Morgan fingerprint density at radius 2 is 0.977 bits per heavy atom. The lowest BCUT2D eigenvalue weighted by atomic mass is 10.1. The van der Waals surface area contributed by atoms with Gasteiger partial charge in [-0.15, -0.1) is 0 Å². The molecule has 2 aromatic rings. The van der Waals surface area contributed by atoms with E-state index in [1.54, 1.807) is 0 Å². The number of rotatable bonds is 16. The number of fused-ring (bicyclic) bond motifs is 2. The first-order chi connectivity index (χ1) is 20.8. The number of carbonyl (C=O) groups excluding carboxylic acids is 4. The predicted octanol–water partition coefficient (Wildman–Crippen LogP) is -0.161. The van der Waals surface area contributed by atoms with Crippen molar-refractivity contribution in [3.05, 3.63) is 70.8 Å². The number of hydrogen-bond donors (Lipinski definition) is 5. The van der Waals surface area contributed by atoms with Gasteiger partial charge < -0.3 is 16.4 Å². The Bertz CT molecular complexity index is 1500. The predicted molar refractivity (Wildman–Crippen MR) is 155 cm³/mol. The Balaban J connectivity index is 1.82. The average Bonchev–Trinajstić information content (AvgIpc) is 3.37. The molecule has 0 bridgehead atoms. The fourth-order valence-electron chi connectivity index (χ4n) is 5.33. The summed E-state index contributed by atoms with van der Waals surface area (Å²) in [5, 5.41) is 6.12. The van der Waals surface area contributed by atoms with Crippen LogP contribution in [0.25, 0.3) is 0 Å². The SMILES string of the molecule is NCCCNCCCCNCCC(N1C(=O)c2ccccc2C1=O)(N1C(=O)c2ccccc2C1=O)N(S(=O)(=O)O)S(=O)(=O)O. The van der Waals surface area contributed by atoms with Crippen LogP contribution in [-0.4, -0.2) is 102 Å². The van der Waals surface area contributed by atoms with E-state index in [4.69, 9.17) is 5.73 Å². The number of carbonyl (C=O) groups is 4. The molecule has 2 aliphatic heterocycles. The van der Waals surface area contributed by atoms with Crippen LogP contribution >= 0.6 is 0 Å². The van der Waals surface area contributed by atoms with Crippen molar-refractivity contribution in [2.24, 2.45) is 5.73 Å². The van der Waals surface area contributed by atoms with Gasteiger partial charge in [0.15, 0.2) is 0 Å². The minimum atomic E-state index is -6.13. The van der Waals surface area contributed by atoms with Gasteiger partial charge in [-0.25, -0.2) is 9.80 Å². The van der Waals surface area contributed by atoms with E-state index >= 15 is 0 Å². The van der Waals surface area contributed by atoms with Crippen LogP contribution in [0.5, 0.6) is 0 Å². The summed E-state index contributed by atoms with van der Waals surface area (Å²) in [6, 6.07) is 10.3. The van der Waals surface area contributed by atoms with Crippen LogP contribution in [-0.2, 0) is 20.6 Å². The summed E-state index contributed by atoms with van der Waals surface area (Å²) in [6.45, 7) is 1.81. The van der Waals surface area contributed by atoms with Gasteiger partial charge in [-0.1, -0.05) is 24.3 Å². The summed E-state index contributed by atoms with van der Waals surface area (Å²) in [5.41, 5.74) is 4.29. The summed E-state index contributed by atoms with van der Waals surface area (Å²) in [5.74, 6) is -8.53. The van der Waals surface area contributed by atoms with Gasteiger partial charge in [-0.2, -0.15) is 16.8 Å². The Hall–Kier alpha value is -3.62. The topological polar surface area (TPSA) is 237 Å². The van der Waals surface area contributed by atoms with Crippen LogP contribution in [0.1, 0.15) is 67.1 Å². The highest BCUT2D eigenvalue weighted by Gasteiger charge is 2.67. The molecule has 44 heavy (non-hydrogen) atoms. The fraction of sp³-hybridized carbons (Fsp3) is 0.385. The first kappa shape index (κ1) is 33.3. The van der Waals surface area contributed by atoms with E-state index in [2.05, 4.69) is 10.6 Å². The lowest BCUT2D eigenvalue weighted by molar-refractivity contribution is -0.0474. The zero-order chi connectivity index (χ0) is 32.3. The third kappa shape index (κ3) is 6.15. The van der Waals surface area contributed by atoms with Crippen molar-refractivity contribution >= 4 is 44.2 Å². The molecule has 0 saturated heterocycles. The zero-order valence-corrected chi connectivity index (χ0v) is 25.0. The molecule has 0 unspecified atom stereocenters. The molecule has 0 aliphatic carbocycles. The first-order valence-electron chi connectivity index (χ1n) is 13.6. The van der Waals surface area contributed by atoms with E-state index in [0.29, 0.717) is 25.9 Å². The monoisotopic (exact) mass is 652 g/mol. The number of nitrogens with two attached hydrogens (primary N) is 1. The highest BCUT2D eigenvalue weighted by Crippen LogP contribution is 2.43. The number of hydrogen-bond acceptors (Lipinski definition) is 11. The van der Waals surface area contributed by atoms with Crippen LogP contribution in [0, 0.1) is 0 Å². The van der Waals surface area contributed by atoms with E-state index in [1.165, 1.54) is 48.5 Å². The molecule has 0 aromatic heterocycles. The average molecular weight is 653 g/mol. The van der Waals surface area contributed by atoms with Crippen LogP contribution in [0.3, 0.4) is 0 Å². The summed E-state index contributed by atoms with van der Waals surface area (Å²) < 4.78 is 70.7. The number of imide groups is 2. The van der Waals surface area contributed by atoms with Crippen molar-refractivity contribution in [2.75, 3.05) is 32.7 Å². The highest BCUT2D eigenvalue weighted by atomic mass is 32.3. The molecule has 0 saturated carbocycles. The minimum Gasteiger partial charge on any atom is -0.330 e. The fourth-order valence-corrected chi connectivity index (χ4v) is 7.53. The van der Waals surface area contributed by atoms with Crippen LogP contribution in [0.15, 0.2) is 48.5 Å².